The first-order valence-electron chi connectivity index (χ1n) is 6.39. The Kier molecular flexibility index (Phi) is 4.69. The van der Waals surface area contributed by atoms with Crippen LogP contribution in [-0.2, 0) is 6.42 Å². The molecule has 1 aliphatic rings. The lowest BCUT2D eigenvalue weighted by molar-refractivity contribution is 0.210. The second kappa shape index (κ2) is 6.27. The summed E-state index contributed by atoms with van der Waals surface area (Å²) in [7, 11) is 1.96. The summed E-state index contributed by atoms with van der Waals surface area (Å²) in [5.74, 6) is 0.840. The van der Waals surface area contributed by atoms with Crippen molar-refractivity contribution in [3.8, 4) is 5.75 Å². The van der Waals surface area contributed by atoms with Crippen LogP contribution in [-0.4, -0.2) is 19.7 Å². The maximum absolute atomic E-state index is 6.24. The van der Waals surface area contributed by atoms with Crippen LogP contribution < -0.4 is 10.1 Å². The zero-order valence-electron chi connectivity index (χ0n) is 10.3. The molecule has 0 aliphatic heterocycles. The molecular weight excluding hydrogens is 234 g/mol. The third-order valence-electron chi connectivity index (χ3n) is 3.26. The van der Waals surface area contributed by atoms with E-state index in [0.717, 1.165) is 36.6 Å². The lowest BCUT2D eigenvalue weighted by Crippen LogP contribution is -2.12. The van der Waals surface area contributed by atoms with Crippen molar-refractivity contribution in [3.05, 3.63) is 28.8 Å². The quantitative estimate of drug-likeness (QED) is 0.868. The van der Waals surface area contributed by atoms with Gasteiger partial charge in [-0.3, -0.25) is 0 Å². The van der Waals surface area contributed by atoms with Gasteiger partial charge in [-0.1, -0.05) is 17.7 Å². The summed E-state index contributed by atoms with van der Waals surface area (Å²) in [6.07, 6.45) is 6.26. The SMILES string of the molecule is CNCCc1ccc(OC2CCCC2)c(Cl)c1. The predicted octanol–water partition coefficient (Wildman–Crippen LogP) is 3.42. The molecule has 0 aromatic heterocycles. The Balaban J connectivity index is 1.98. The molecule has 1 aromatic carbocycles. The number of halogens is 1. The Morgan fingerprint density at radius 1 is 1.35 bits per heavy atom. The Hall–Kier alpha value is -0.730. The molecule has 1 fully saturated rings. The molecular formula is C14H20ClNO. The molecule has 1 aliphatic carbocycles. The van der Waals surface area contributed by atoms with Gasteiger partial charge in [-0.05, 0) is 63.4 Å². The topological polar surface area (TPSA) is 21.3 Å². The average molecular weight is 254 g/mol. The lowest BCUT2D eigenvalue weighted by Gasteiger charge is -2.15. The summed E-state index contributed by atoms with van der Waals surface area (Å²) in [5.41, 5.74) is 1.25. The highest BCUT2D eigenvalue weighted by Crippen LogP contribution is 2.30. The minimum Gasteiger partial charge on any atom is -0.489 e. The summed E-state index contributed by atoms with van der Waals surface area (Å²) in [6.45, 7) is 0.971. The minimum absolute atomic E-state index is 0.371. The van der Waals surface area contributed by atoms with E-state index in [1.165, 1.54) is 18.4 Å². The number of likely N-dealkylation sites (N-methyl/N-ethyl adjacent to an activating group) is 1. The molecule has 0 unspecified atom stereocenters. The highest BCUT2D eigenvalue weighted by molar-refractivity contribution is 6.32. The zero-order valence-corrected chi connectivity index (χ0v) is 11.1. The third-order valence-corrected chi connectivity index (χ3v) is 3.55. The van der Waals surface area contributed by atoms with Gasteiger partial charge in [0.2, 0.25) is 0 Å². The number of nitrogens with one attached hydrogen (secondary N) is 1. The molecule has 94 valence electrons. The average Bonchev–Trinajstić information content (AvgIpc) is 2.82. The van der Waals surface area contributed by atoms with Gasteiger partial charge in [0.05, 0.1) is 11.1 Å². The molecule has 2 rings (SSSR count). The van der Waals surface area contributed by atoms with Crippen LogP contribution in [0.15, 0.2) is 18.2 Å². The summed E-state index contributed by atoms with van der Waals surface area (Å²) < 4.78 is 5.92. The van der Waals surface area contributed by atoms with Crippen LogP contribution in [0.25, 0.3) is 0 Å². The fraction of sp³-hybridized carbons (Fsp3) is 0.571. The van der Waals surface area contributed by atoms with E-state index < -0.39 is 0 Å². The van der Waals surface area contributed by atoms with Gasteiger partial charge in [-0.2, -0.15) is 0 Å². The van der Waals surface area contributed by atoms with Crippen molar-refractivity contribution in [2.24, 2.45) is 0 Å². The third kappa shape index (κ3) is 3.62. The van der Waals surface area contributed by atoms with Gasteiger partial charge in [0, 0.05) is 0 Å². The molecule has 0 saturated heterocycles. The van der Waals surface area contributed by atoms with E-state index in [4.69, 9.17) is 16.3 Å². The van der Waals surface area contributed by atoms with Gasteiger partial charge < -0.3 is 10.1 Å². The number of benzene rings is 1. The van der Waals surface area contributed by atoms with Crippen molar-refractivity contribution in [2.75, 3.05) is 13.6 Å². The fourth-order valence-corrected chi connectivity index (χ4v) is 2.50. The number of ether oxygens (including phenoxy) is 1. The molecule has 0 heterocycles. The Labute approximate surface area is 108 Å². The monoisotopic (exact) mass is 253 g/mol. The first-order chi connectivity index (χ1) is 8.29. The first-order valence-corrected chi connectivity index (χ1v) is 6.77. The molecule has 17 heavy (non-hydrogen) atoms. The Bertz CT molecular complexity index is 361. The summed E-state index contributed by atoms with van der Waals surface area (Å²) in [5, 5.41) is 3.88. The number of hydrogen-bond donors (Lipinski definition) is 1. The molecule has 2 nitrogen and oxygen atoms in total. The summed E-state index contributed by atoms with van der Waals surface area (Å²) in [6, 6.07) is 6.13. The van der Waals surface area contributed by atoms with Gasteiger partial charge in [0.25, 0.3) is 0 Å². The molecule has 0 amide bonds. The van der Waals surface area contributed by atoms with Gasteiger partial charge in [-0.15, -0.1) is 0 Å². The Morgan fingerprint density at radius 2 is 2.12 bits per heavy atom. The lowest BCUT2D eigenvalue weighted by atomic mass is 10.1. The summed E-state index contributed by atoms with van der Waals surface area (Å²) >= 11 is 6.24. The van der Waals surface area contributed by atoms with Crippen molar-refractivity contribution in [3.63, 3.8) is 0 Å². The van der Waals surface area contributed by atoms with Crippen LogP contribution in [0.1, 0.15) is 31.2 Å². The molecule has 3 heteroatoms. The van der Waals surface area contributed by atoms with E-state index in [-0.39, 0.29) is 0 Å². The van der Waals surface area contributed by atoms with E-state index in [2.05, 4.69) is 11.4 Å². The molecule has 0 bridgehead atoms. The van der Waals surface area contributed by atoms with Gasteiger partial charge in [0.1, 0.15) is 5.75 Å². The molecule has 1 N–H and O–H groups in total. The number of rotatable bonds is 5. The van der Waals surface area contributed by atoms with Gasteiger partial charge in [0.15, 0.2) is 0 Å². The fourth-order valence-electron chi connectivity index (χ4n) is 2.25. The highest BCUT2D eigenvalue weighted by atomic mass is 35.5. The van der Waals surface area contributed by atoms with Crippen molar-refractivity contribution in [2.45, 2.75) is 38.2 Å². The van der Waals surface area contributed by atoms with Crippen LogP contribution in [0.5, 0.6) is 5.75 Å². The van der Waals surface area contributed by atoms with Crippen LogP contribution in [0.2, 0.25) is 5.02 Å². The van der Waals surface area contributed by atoms with Crippen LogP contribution in [0.3, 0.4) is 0 Å². The molecule has 1 aromatic rings. The smallest absolute Gasteiger partial charge is 0.138 e. The van der Waals surface area contributed by atoms with Gasteiger partial charge in [-0.25, -0.2) is 0 Å². The minimum atomic E-state index is 0.371. The normalized spacial score (nSPS) is 16.4. The van der Waals surface area contributed by atoms with E-state index in [9.17, 15) is 0 Å². The van der Waals surface area contributed by atoms with E-state index in [0.29, 0.717) is 6.10 Å². The van der Waals surface area contributed by atoms with Crippen molar-refractivity contribution < 1.29 is 4.74 Å². The summed E-state index contributed by atoms with van der Waals surface area (Å²) in [4.78, 5) is 0. The first kappa shape index (κ1) is 12.7. The van der Waals surface area contributed by atoms with Crippen molar-refractivity contribution in [1.82, 2.24) is 5.32 Å². The largest absolute Gasteiger partial charge is 0.489 e. The molecule has 0 spiro atoms. The van der Waals surface area contributed by atoms with E-state index in [1.807, 2.05) is 19.2 Å². The van der Waals surface area contributed by atoms with E-state index in [1.54, 1.807) is 0 Å². The predicted molar refractivity (Wildman–Crippen MR) is 72.0 cm³/mol. The van der Waals surface area contributed by atoms with Crippen molar-refractivity contribution >= 4 is 11.6 Å². The molecule has 0 atom stereocenters. The second-order valence-electron chi connectivity index (χ2n) is 4.64. The van der Waals surface area contributed by atoms with Gasteiger partial charge >= 0.3 is 0 Å². The maximum Gasteiger partial charge on any atom is 0.138 e. The maximum atomic E-state index is 6.24. The van der Waals surface area contributed by atoms with Crippen LogP contribution in [0, 0.1) is 0 Å². The highest BCUT2D eigenvalue weighted by Gasteiger charge is 2.17. The molecule has 1 saturated carbocycles. The zero-order chi connectivity index (χ0) is 12.1. The van der Waals surface area contributed by atoms with Crippen LogP contribution >= 0.6 is 11.6 Å². The van der Waals surface area contributed by atoms with E-state index >= 15 is 0 Å². The molecule has 0 radical (unpaired) electrons. The number of hydrogen-bond acceptors (Lipinski definition) is 2. The van der Waals surface area contributed by atoms with Crippen LogP contribution in [0.4, 0.5) is 0 Å². The van der Waals surface area contributed by atoms with Crippen molar-refractivity contribution in [1.29, 1.82) is 0 Å². The Morgan fingerprint density at radius 3 is 2.76 bits per heavy atom. The standard InChI is InChI=1S/C14H20ClNO/c1-16-9-8-11-6-7-14(13(15)10-11)17-12-4-2-3-5-12/h6-7,10,12,16H,2-5,8-9H2,1H3. The second-order valence-corrected chi connectivity index (χ2v) is 5.05.